The zero-order valence-electron chi connectivity index (χ0n) is 13.3. The number of ether oxygens (including phenoxy) is 1. The van der Waals surface area contributed by atoms with Crippen molar-refractivity contribution >= 4 is 5.91 Å². The van der Waals surface area contributed by atoms with E-state index in [0.29, 0.717) is 6.42 Å². The van der Waals surface area contributed by atoms with Gasteiger partial charge in [0, 0.05) is 12.6 Å². The molecule has 0 aliphatic heterocycles. The summed E-state index contributed by atoms with van der Waals surface area (Å²) < 4.78 is 5.88. The summed E-state index contributed by atoms with van der Waals surface area (Å²) in [6.45, 7) is 1.89. The van der Waals surface area contributed by atoms with E-state index in [1.807, 2.05) is 67.6 Å². The molecule has 4 heteroatoms. The molecule has 2 rings (SSSR count). The van der Waals surface area contributed by atoms with E-state index in [-0.39, 0.29) is 31.3 Å². The third-order valence-corrected chi connectivity index (χ3v) is 3.56. The first kappa shape index (κ1) is 17.2. The van der Waals surface area contributed by atoms with Gasteiger partial charge in [-0.25, -0.2) is 0 Å². The molecule has 0 aliphatic carbocycles. The van der Waals surface area contributed by atoms with Crippen LogP contribution in [0.2, 0.25) is 0 Å². The fourth-order valence-corrected chi connectivity index (χ4v) is 2.38. The van der Waals surface area contributed by atoms with Gasteiger partial charge in [-0.3, -0.25) is 4.79 Å². The Morgan fingerprint density at radius 3 is 2.04 bits per heavy atom. The summed E-state index contributed by atoms with van der Waals surface area (Å²) in [4.78, 5) is 12.0. The van der Waals surface area contributed by atoms with Crippen molar-refractivity contribution in [1.29, 1.82) is 0 Å². The monoisotopic (exact) mass is 313 g/mol. The molecule has 0 fully saturated rings. The first-order valence-electron chi connectivity index (χ1n) is 7.82. The van der Waals surface area contributed by atoms with Crippen molar-refractivity contribution in [3.63, 3.8) is 0 Å². The smallest absolute Gasteiger partial charge is 0.246 e. The molecular weight excluding hydrogens is 290 g/mol. The van der Waals surface area contributed by atoms with E-state index in [0.717, 1.165) is 11.1 Å². The summed E-state index contributed by atoms with van der Waals surface area (Å²) in [7, 11) is 0. The molecule has 1 amide bonds. The number of hydrogen-bond donors (Lipinski definition) is 2. The number of aliphatic hydroxyl groups excluding tert-OH is 1. The molecule has 1 atom stereocenters. The van der Waals surface area contributed by atoms with Gasteiger partial charge in [0.1, 0.15) is 12.7 Å². The summed E-state index contributed by atoms with van der Waals surface area (Å²) >= 11 is 0. The summed E-state index contributed by atoms with van der Waals surface area (Å²) in [6.07, 6.45) is 0.253. The van der Waals surface area contributed by atoms with Crippen molar-refractivity contribution < 1.29 is 14.6 Å². The number of aliphatic hydroxyl groups is 1. The Morgan fingerprint density at radius 2 is 1.57 bits per heavy atom. The molecule has 0 saturated carbocycles. The standard InChI is InChI=1S/C19H23NO3/c1-15(12-13-21)20-18(22)14-23-19(16-8-4-2-5-9-16)17-10-6-3-7-11-17/h2-11,15,19,21H,12-14H2,1H3,(H,20,22). The summed E-state index contributed by atoms with van der Waals surface area (Å²) in [5.41, 5.74) is 2.02. The Labute approximate surface area is 137 Å². The predicted molar refractivity (Wildman–Crippen MR) is 90.0 cm³/mol. The van der Waals surface area contributed by atoms with E-state index in [1.54, 1.807) is 0 Å². The molecule has 23 heavy (non-hydrogen) atoms. The van der Waals surface area contributed by atoms with Crippen LogP contribution in [0.1, 0.15) is 30.6 Å². The van der Waals surface area contributed by atoms with Crippen molar-refractivity contribution in [3.8, 4) is 0 Å². The average Bonchev–Trinajstić information content (AvgIpc) is 2.57. The molecule has 1 unspecified atom stereocenters. The number of hydrogen-bond acceptors (Lipinski definition) is 3. The van der Waals surface area contributed by atoms with Crippen molar-refractivity contribution in [3.05, 3.63) is 71.8 Å². The van der Waals surface area contributed by atoms with Crippen LogP contribution in [0, 0.1) is 0 Å². The van der Waals surface area contributed by atoms with Crippen LogP contribution in [-0.2, 0) is 9.53 Å². The van der Waals surface area contributed by atoms with E-state index in [2.05, 4.69) is 5.32 Å². The quantitative estimate of drug-likeness (QED) is 0.788. The van der Waals surface area contributed by atoms with Crippen molar-refractivity contribution in [2.75, 3.05) is 13.2 Å². The lowest BCUT2D eigenvalue weighted by Crippen LogP contribution is -2.36. The Balaban J connectivity index is 2.03. The minimum absolute atomic E-state index is 0.0236. The van der Waals surface area contributed by atoms with Crippen LogP contribution in [0.3, 0.4) is 0 Å². The number of benzene rings is 2. The highest BCUT2D eigenvalue weighted by molar-refractivity contribution is 5.77. The predicted octanol–water partition coefficient (Wildman–Crippen LogP) is 2.68. The SMILES string of the molecule is CC(CCO)NC(=O)COC(c1ccccc1)c1ccccc1. The van der Waals surface area contributed by atoms with Crippen LogP contribution in [0.4, 0.5) is 0 Å². The van der Waals surface area contributed by atoms with Crippen molar-refractivity contribution in [2.45, 2.75) is 25.5 Å². The van der Waals surface area contributed by atoms with Gasteiger partial charge in [-0.2, -0.15) is 0 Å². The summed E-state index contributed by atoms with van der Waals surface area (Å²) in [6, 6.07) is 19.6. The summed E-state index contributed by atoms with van der Waals surface area (Å²) in [5, 5.41) is 11.7. The highest BCUT2D eigenvalue weighted by atomic mass is 16.5. The number of nitrogens with one attached hydrogen (secondary N) is 1. The molecule has 122 valence electrons. The van der Waals surface area contributed by atoms with Crippen molar-refractivity contribution in [2.24, 2.45) is 0 Å². The summed E-state index contributed by atoms with van der Waals surface area (Å²) in [5.74, 6) is -0.178. The Bertz CT molecular complexity index is 547. The van der Waals surface area contributed by atoms with Gasteiger partial charge < -0.3 is 15.2 Å². The Hall–Kier alpha value is -2.17. The minimum atomic E-state index is -0.281. The normalized spacial score (nSPS) is 12.1. The third-order valence-electron chi connectivity index (χ3n) is 3.56. The van der Waals surface area contributed by atoms with Gasteiger partial charge in [0.2, 0.25) is 5.91 Å². The molecular formula is C19H23NO3. The molecule has 0 saturated heterocycles. The lowest BCUT2D eigenvalue weighted by molar-refractivity contribution is -0.127. The van der Waals surface area contributed by atoms with Crippen LogP contribution >= 0.6 is 0 Å². The molecule has 2 N–H and O–H groups in total. The molecule has 2 aromatic carbocycles. The average molecular weight is 313 g/mol. The topological polar surface area (TPSA) is 58.6 Å². The molecule has 0 heterocycles. The molecule has 0 radical (unpaired) electrons. The largest absolute Gasteiger partial charge is 0.396 e. The maximum Gasteiger partial charge on any atom is 0.246 e. The van der Waals surface area contributed by atoms with Crippen LogP contribution in [0.25, 0.3) is 0 Å². The van der Waals surface area contributed by atoms with Crippen LogP contribution in [0.15, 0.2) is 60.7 Å². The van der Waals surface area contributed by atoms with Gasteiger partial charge in [0.05, 0.1) is 0 Å². The Morgan fingerprint density at radius 1 is 1.04 bits per heavy atom. The maximum absolute atomic E-state index is 12.0. The van der Waals surface area contributed by atoms with Crippen LogP contribution in [0.5, 0.6) is 0 Å². The lowest BCUT2D eigenvalue weighted by Gasteiger charge is -2.19. The van der Waals surface area contributed by atoms with Crippen LogP contribution in [-0.4, -0.2) is 30.3 Å². The molecule has 0 aromatic heterocycles. The zero-order valence-corrected chi connectivity index (χ0v) is 13.3. The van der Waals surface area contributed by atoms with Gasteiger partial charge in [-0.15, -0.1) is 0 Å². The first-order valence-corrected chi connectivity index (χ1v) is 7.82. The van der Waals surface area contributed by atoms with E-state index >= 15 is 0 Å². The second kappa shape index (κ2) is 9.08. The van der Waals surface area contributed by atoms with Gasteiger partial charge >= 0.3 is 0 Å². The minimum Gasteiger partial charge on any atom is -0.396 e. The molecule has 0 aliphatic rings. The molecule has 0 spiro atoms. The van der Waals surface area contributed by atoms with E-state index in [9.17, 15) is 4.79 Å². The number of amides is 1. The first-order chi connectivity index (χ1) is 11.2. The second-order valence-corrected chi connectivity index (χ2v) is 5.49. The van der Waals surface area contributed by atoms with E-state index in [4.69, 9.17) is 9.84 Å². The third kappa shape index (κ3) is 5.51. The van der Waals surface area contributed by atoms with E-state index < -0.39 is 0 Å². The highest BCUT2D eigenvalue weighted by Crippen LogP contribution is 2.25. The van der Waals surface area contributed by atoms with Gasteiger partial charge in [-0.05, 0) is 24.5 Å². The number of rotatable bonds is 8. The highest BCUT2D eigenvalue weighted by Gasteiger charge is 2.16. The lowest BCUT2D eigenvalue weighted by atomic mass is 10.0. The maximum atomic E-state index is 12.0. The fourth-order valence-electron chi connectivity index (χ4n) is 2.38. The Kier molecular flexibility index (Phi) is 6.78. The molecule has 4 nitrogen and oxygen atoms in total. The van der Waals surface area contributed by atoms with Crippen molar-refractivity contribution in [1.82, 2.24) is 5.32 Å². The zero-order chi connectivity index (χ0) is 16.5. The van der Waals surface area contributed by atoms with Crippen LogP contribution < -0.4 is 5.32 Å². The fraction of sp³-hybridized carbons (Fsp3) is 0.316. The molecule has 0 bridgehead atoms. The van der Waals surface area contributed by atoms with E-state index in [1.165, 1.54) is 0 Å². The second-order valence-electron chi connectivity index (χ2n) is 5.49. The van der Waals surface area contributed by atoms with Gasteiger partial charge in [0.25, 0.3) is 0 Å². The molecule has 2 aromatic rings. The van der Waals surface area contributed by atoms with Gasteiger partial charge in [0.15, 0.2) is 0 Å². The number of carbonyl (C=O) groups is 1. The number of carbonyl (C=O) groups excluding carboxylic acids is 1. The van der Waals surface area contributed by atoms with Gasteiger partial charge in [-0.1, -0.05) is 60.7 Å².